The van der Waals surface area contributed by atoms with Gasteiger partial charge in [0.15, 0.2) is 0 Å². The molecule has 2 atom stereocenters. The van der Waals surface area contributed by atoms with Crippen molar-refractivity contribution in [1.82, 2.24) is 0 Å². The zero-order valence-corrected chi connectivity index (χ0v) is 15.2. The van der Waals surface area contributed by atoms with Gasteiger partial charge in [-0.1, -0.05) is 56.7 Å². The van der Waals surface area contributed by atoms with Crippen molar-refractivity contribution >= 4 is 21.1 Å². The lowest BCUT2D eigenvalue weighted by Crippen LogP contribution is -2.55. The Kier molecular flexibility index (Phi) is 5.33. The topological polar surface area (TPSA) is 9.23 Å². The lowest BCUT2D eigenvalue weighted by atomic mass is 9.85. The molecular formula is C17H27ClOSi. The van der Waals surface area contributed by atoms with Crippen molar-refractivity contribution in [2.75, 3.05) is 6.61 Å². The molecule has 1 aromatic carbocycles. The molecule has 1 heterocycles. The molecule has 1 fully saturated rings. The Morgan fingerprint density at radius 3 is 2.50 bits per heavy atom. The Hall–Kier alpha value is -0.313. The third-order valence-corrected chi connectivity index (χ3v) is 8.24. The number of benzene rings is 1. The van der Waals surface area contributed by atoms with Crippen molar-refractivity contribution in [3.8, 4) is 0 Å². The van der Waals surface area contributed by atoms with Crippen molar-refractivity contribution in [3.05, 3.63) is 35.9 Å². The van der Waals surface area contributed by atoms with Crippen molar-refractivity contribution in [2.45, 2.75) is 56.7 Å². The SMILES string of the molecule is CC(C)(C)C(Cl)C1([SiH2]Cc2ccccc2)CCCCO1. The molecular weight excluding hydrogens is 284 g/mol. The Morgan fingerprint density at radius 1 is 1.25 bits per heavy atom. The predicted octanol–water partition coefficient (Wildman–Crippen LogP) is 3.91. The summed E-state index contributed by atoms with van der Waals surface area (Å²) in [5.41, 5.74) is 1.54. The van der Waals surface area contributed by atoms with E-state index in [0.717, 1.165) is 13.0 Å². The molecule has 2 unspecified atom stereocenters. The summed E-state index contributed by atoms with van der Waals surface area (Å²) in [6.45, 7) is 7.60. The van der Waals surface area contributed by atoms with Crippen LogP contribution < -0.4 is 0 Å². The Balaban J connectivity index is 2.11. The molecule has 0 spiro atoms. The van der Waals surface area contributed by atoms with Crippen LogP contribution >= 0.6 is 11.6 Å². The fourth-order valence-corrected chi connectivity index (χ4v) is 6.39. The van der Waals surface area contributed by atoms with E-state index < -0.39 is 9.52 Å². The van der Waals surface area contributed by atoms with E-state index in [1.54, 1.807) is 0 Å². The molecule has 0 N–H and O–H groups in total. The van der Waals surface area contributed by atoms with Crippen molar-refractivity contribution in [3.63, 3.8) is 0 Å². The van der Waals surface area contributed by atoms with E-state index >= 15 is 0 Å². The van der Waals surface area contributed by atoms with E-state index in [-0.39, 0.29) is 16.0 Å². The number of hydrogen-bond acceptors (Lipinski definition) is 1. The zero-order chi connectivity index (χ0) is 14.6. The summed E-state index contributed by atoms with van der Waals surface area (Å²) in [6.07, 6.45) is 3.60. The maximum atomic E-state index is 6.87. The summed E-state index contributed by atoms with van der Waals surface area (Å²) in [5, 5.41) is 0.0964. The van der Waals surface area contributed by atoms with Crippen LogP contribution in [-0.4, -0.2) is 26.7 Å². The summed E-state index contributed by atoms with van der Waals surface area (Å²) in [6, 6.07) is 12.0. The van der Waals surface area contributed by atoms with Gasteiger partial charge in [-0.2, -0.15) is 0 Å². The molecule has 1 nitrogen and oxygen atoms in total. The number of alkyl halides is 1. The third-order valence-electron chi connectivity index (χ3n) is 4.29. The van der Waals surface area contributed by atoms with Gasteiger partial charge in [-0.3, -0.25) is 0 Å². The van der Waals surface area contributed by atoms with Crippen LogP contribution in [0.25, 0.3) is 0 Å². The summed E-state index contributed by atoms with van der Waals surface area (Å²) < 4.78 is 6.31. The van der Waals surface area contributed by atoms with Crippen LogP contribution in [0.3, 0.4) is 0 Å². The molecule has 20 heavy (non-hydrogen) atoms. The second-order valence-corrected chi connectivity index (χ2v) is 9.72. The van der Waals surface area contributed by atoms with Gasteiger partial charge >= 0.3 is 0 Å². The molecule has 2 rings (SSSR count). The van der Waals surface area contributed by atoms with Gasteiger partial charge in [0, 0.05) is 6.61 Å². The third kappa shape index (κ3) is 3.87. The lowest BCUT2D eigenvalue weighted by Gasteiger charge is -2.46. The first kappa shape index (κ1) is 16.1. The summed E-state index contributed by atoms with van der Waals surface area (Å²) in [4.78, 5) is 0. The first-order valence-electron chi connectivity index (χ1n) is 7.76. The van der Waals surface area contributed by atoms with Gasteiger partial charge in [-0.05, 0) is 30.7 Å². The van der Waals surface area contributed by atoms with Crippen molar-refractivity contribution in [1.29, 1.82) is 0 Å². The number of ether oxygens (including phenoxy) is 1. The van der Waals surface area contributed by atoms with Gasteiger partial charge in [-0.25, -0.2) is 0 Å². The summed E-state index contributed by atoms with van der Waals surface area (Å²) in [5.74, 6) is 0. The van der Waals surface area contributed by atoms with Gasteiger partial charge in [-0.15, -0.1) is 11.6 Å². The number of halogens is 1. The second kappa shape index (κ2) is 6.63. The van der Waals surface area contributed by atoms with E-state index in [1.165, 1.54) is 24.4 Å². The van der Waals surface area contributed by atoms with Crippen LogP contribution in [0.4, 0.5) is 0 Å². The molecule has 0 amide bonds. The molecule has 1 aliphatic rings. The normalized spacial score (nSPS) is 26.0. The molecule has 0 aromatic heterocycles. The van der Waals surface area contributed by atoms with E-state index in [1.807, 2.05) is 0 Å². The van der Waals surface area contributed by atoms with Crippen LogP contribution in [0, 0.1) is 5.41 Å². The van der Waals surface area contributed by atoms with Gasteiger partial charge in [0.25, 0.3) is 0 Å². The Morgan fingerprint density at radius 2 is 1.95 bits per heavy atom. The minimum atomic E-state index is -0.421. The van der Waals surface area contributed by atoms with Crippen molar-refractivity contribution < 1.29 is 4.74 Å². The highest BCUT2D eigenvalue weighted by molar-refractivity contribution is 6.43. The molecule has 1 aliphatic heterocycles. The van der Waals surface area contributed by atoms with Gasteiger partial charge in [0.1, 0.15) is 0 Å². The quantitative estimate of drug-likeness (QED) is 0.605. The van der Waals surface area contributed by atoms with Crippen LogP contribution in [0.15, 0.2) is 30.3 Å². The van der Waals surface area contributed by atoms with Gasteiger partial charge in [0.2, 0.25) is 0 Å². The van der Waals surface area contributed by atoms with E-state index in [9.17, 15) is 0 Å². The molecule has 3 heteroatoms. The van der Waals surface area contributed by atoms with Crippen LogP contribution in [0.1, 0.15) is 45.6 Å². The van der Waals surface area contributed by atoms with E-state index in [2.05, 4.69) is 51.1 Å². The first-order chi connectivity index (χ1) is 9.44. The first-order valence-corrected chi connectivity index (χ1v) is 9.90. The average molecular weight is 311 g/mol. The molecule has 0 radical (unpaired) electrons. The molecule has 1 aromatic rings. The Labute approximate surface area is 130 Å². The maximum absolute atomic E-state index is 6.87. The highest BCUT2D eigenvalue weighted by atomic mass is 35.5. The van der Waals surface area contributed by atoms with Crippen LogP contribution in [0.5, 0.6) is 0 Å². The van der Waals surface area contributed by atoms with E-state index in [0.29, 0.717) is 0 Å². The summed E-state index contributed by atoms with van der Waals surface area (Å²) >= 11 is 6.87. The summed E-state index contributed by atoms with van der Waals surface area (Å²) in [7, 11) is -0.421. The maximum Gasteiger partial charge on any atom is 0.0687 e. The minimum absolute atomic E-state index is 0.0199. The largest absolute Gasteiger partial charge is 0.378 e. The Bertz CT molecular complexity index is 407. The monoisotopic (exact) mass is 310 g/mol. The fraction of sp³-hybridized carbons (Fsp3) is 0.647. The zero-order valence-electron chi connectivity index (χ0n) is 13.0. The van der Waals surface area contributed by atoms with Crippen LogP contribution in [0.2, 0.25) is 0 Å². The minimum Gasteiger partial charge on any atom is -0.378 e. The van der Waals surface area contributed by atoms with Gasteiger partial charge < -0.3 is 4.74 Å². The average Bonchev–Trinajstić information content (AvgIpc) is 2.45. The van der Waals surface area contributed by atoms with E-state index in [4.69, 9.17) is 16.3 Å². The smallest absolute Gasteiger partial charge is 0.0687 e. The second-order valence-electron chi connectivity index (χ2n) is 7.08. The lowest BCUT2D eigenvalue weighted by molar-refractivity contribution is -0.0396. The molecule has 0 aliphatic carbocycles. The highest BCUT2D eigenvalue weighted by Gasteiger charge is 2.45. The van der Waals surface area contributed by atoms with Crippen LogP contribution in [-0.2, 0) is 10.8 Å². The molecule has 0 saturated carbocycles. The highest BCUT2D eigenvalue weighted by Crippen LogP contribution is 2.40. The number of hydrogen-bond donors (Lipinski definition) is 0. The fourth-order valence-electron chi connectivity index (χ4n) is 3.19. The molecule has 0 bridgehead atoms. The van der Waals surface area contributed by atoms with Gasteiger partial charge in [0.05, 0.1) is 20.1 Å². The van der Waals surface area contributed by atoms with Crippen molar-refractivity contribution in [2.24, 2.45) is 5.41 Å². The standard InChI is InChI=1S/C17H27ClOSi/c1-16(2,3)15(18)17(11-7-8-12-19-17)20-13-14-9-5-4-6-10-14/h4-6,9-10,15H,7-8,11-13,20H2,1-3H3. The molecule has 112 valence electrons. The number of rotatable bonds is 4. The predicted molar refractivity (Wildman–Crippen MR) is 90.3 cm³/mol. The molecule has 1 saturated heterocycles.